The maximum Gasteiger partial charge on any atom is 0.762 e. The van der Waals surface area contributed by atoms with Crippen LogP contribution in [0.3, 0.4) is 0 Å². The molecule has 0 aromatic heterocycles. The predicted molar refractivity (Wildman–Crippen MR) is 69.3 cm³/mol. The molecule has 98 valence electrons. The van der Waals surface area contributed by atoms with Gasteiger partial charge in [-0.1, -0.05) is 40.8 Å². The van der Waals surface area contributed by atoms with E-state index in [1.54, 1.807) is 0 Å². The highest BCUT2D eigenvalue weighted by atomic mass is 28.3. The fraction of sp³-hybridized carbons (Fsp3) is 0.727. The number of carbonyl (C=O) groups is 1. The minimum atomic E-state index is -3.67. The van der Waals surface area contributed by atoms with E-state index in [1.807, 2.05) is 6.92 Å². The standard InChI is InChI=1S/C11H20OSi.BF3/c1-7-10(12)8-9-13(5,6)11(2,3)4;2-1(3)4/h7H2,1-6H3;. The summed E-state index contributed by atoms with van der Waals surface area (Å²) in [5, 5.41) is 0.244. The van der Waals surface area contributed by atoms with Crippen molar-refractivity contribution < 1.29 is 17.7 Å². The monoisotopic (exact) mass is 264 g/mol. The van der Waals surface area contributed by atoms with Crippen LogP contribution in [0.5, 0.6) is 0 Å². The van der Waals surface area contributed by atoms with E-state index >= 15 is 0 Å². The van der Waals surface area contributed by atoms with Crippen molar-refractivity contribution in [1.82, 2.24) is 0 Å². The molecule has 0 aromatic rings. The molecule has 0 amide bonds. The average molecular weight is 264 g/mol. The van der Waals surface area contributed by atoms with Crippen LogP contribution in [0.2, 0.25) is 18.1 Å². The molecule has 0 fully saturated rings. The van der Waals surface area contributed by atoms with Crippen molar-refractivity contribution in [3.8, 4) is 11.5 Å². The number of halogens is 3. The maximum absolute atomic E-state index is 11.0. The summed E-state index contributed by atoms with van der Waals surface area (Å²) in [5.74, 6) is 2.81. The van der Waals surface area contributed by atoms with Crippen LogP contribution in [0.4, 0.5) is 12.9 Å². The summed E-state index contributed by atoms with van der Waals surface area (Å²) in [6.07, 6.45) is 0.529. The Morgan fingerprint density at radius 1 is 1.24 bits per heavy atom. The number of carbonyl (C=O) groups excluding carboxylic acids is 1. The topological polar surface area (TPSA) is 17.1 Å². The molecule has 0 saturated carbocycles. The molecule has 0 N–H and O–H groups in total. The van der Waals surface area contributed by atoms with Crippen molar-refractivity contribution in [2.45, 2.75) is 52.2 Å². The van der Waals surface area contributed by atoms with Crippen LogP contribution < -0.4 is 0 Å². The van der Waals surface area contributed by atoms with Crippen molar-refractivity contribution in [3.63, 3.8) is 0 Å². The van der Waals surface area contributed by atoms with Gasteiger partial charge >= 0.3 is 7.54 Å². The summed E-state index contributed by atoms with van der Waals surface area (Å²) in [4.78, 5) is 11.0. The van der Waals surface area contributed by atoms with Crippen molar-refractivity contribution in [1.29, 1.82) is 0 Å². The van der Waals surface area contributed by atoms with Crippen LogP contribution in [0, 0.1) is 11.5 Å². The van der Waals surface area contributed by atoms with Gasteiger partial charge in [0.25, 0.3) is 0 Å². The Morgan fingerprint density at radius 2 is 1.59 bits per heavy atom. The van der Waals surface area contributed by atoms with Gasteiger partial charge in [0.15, 0.2) is 0 Å². The summed E-state index contributed by atoms with van der Waals surface area (Å²) in [6.45, 7) is 12.9. The van der Waals surface area contributed by atoms with Crippen molar-refractivity contribution in [2.24, 2.45) is 0 Å². The first-order valence-electron chi connectivity index (χ1n) is 5.42. The minimum Gasteiger partial charge on any atom is -0.285 e. The van der Waals surface area contributed by atoms with E-state index in [0.29, 0.717) is 6.42 Å². The Balaban J connectivity index is 0. The molecule has 0 atom stereocenters. The van der Waals surface area contributed by atoms with E-state index in [9.17, 15) is 17.7 Å². The molecule has 0 bridgehead atoms. The fourth-order valence-electron chi connectivity index (χ4n) is 0.502. The zero-order valence-electron chi connectivity index (χ0n) is 11.3. The van der Waals surface area contributed by atoms with E-state index in [4.69, 9.17) is 0 Å². The quantitative estimate of drug-likeness (QED) is 0.518. The third-order valence-corrected chi connectivity index (χ3v) is 7.21. The van der Waals surface area contributed by atoms with Gasteiger partial charge < -0.3 is 0 Å². The van der Waals surface area contributed by atoms with Gasteiger partial charge in [-0.15, -0.1) is 5.54 Å². The molecule has 0 aromatic carbocycles. The Kier molecular flexibility index (Phi) is 8.34. The van der Waals surface area contributed by atoms with E-state index in [2.05, 4.69) is 45.3 Å². The molecule has 1 nitrogen and oxygen atoms in total. The lowest BCUT2D eigenvalue weighted by Crippen LogP contribution is -2.35. The van der Waals surface area contributed by atoms with Crippen LogP contribution in [-0.4, -0.2) is 21.4 Å². The third-order valence-electron chi connectivity index (χ3n) is 2.71. The molecule has 0 rings (SSSR count). The Hall–Kier alpha value is -0.698. The normalized spacial score (nSPS) is 10.6. The molecule has 0 spiro atoms. The van der Waals surface area contributed by atoms with Gasteiger partial charge in [-0.05, 0) is 11.0 Å². The molecule has 0 aliphatic rings. The van der Waals surface area contributed by atoms with E-state index < -0.39 is 15.6 Å². The van der Waals surface area contributed by atoms with Crippen molar-refractivity contribution in [3.05, 3.63) is 0 Å². The second-order valence-corrected chi connectivity index (χ2v) is 10.1. The molecule has 0 unspecified atom stereocenters. The molecule has 17 heavy (non-hydrogen) atoms. The van der Waals surface area contributed by atoms with Gasteiger partial charge in [-0.2, -0.15) is 0 Å². The number of ketones is 1. The second-order valence-electron chi connectivity index (χ2n) is 5.15. The summed E-state index contributed by atoms with van der Waals surface area (Å²) in [5.41, 5.74) is 3.19. The zero-order valence-corrected chi connectivity index (χ0v) is 12.3. The summed E-state index contributed by atoms with van der Waals surface area (Å²) < 4.78 is 29.0. The van der Waals surface area contributed by atoms with Gasteiger partial charge in [0.05, 0.1) is 0 Å². The predicted octanol–water partition coefficient (Wildman–Crippen LogP) is 3.90. The summed E-state index contributed by atoms with van der Waals surface area (Å²) in [7, 11) is -5.23. The van der Waals surface area contributed by atoms with Crippen LogP contribution in [0.15, 0.2) is 0 Å². The van der Waals surface area contributed by atoms with E-state index in [1.165, 1.54) is 0 Å². The first kappa shape index (κ1) is 18.7. The molecule has 0 aliphatic heterocycles. The number of hydrogen-bond acceptors (Lipinski definition) is 1. The van der Waals surface area contributed by atoms with Crippen molar-refractivity contribution in [2.75, 3.05) is 0 Å². The van der Waals surface area contributed by atoms with Gasteiger partial charge in [-0.3, -0.25) is 17.7 Å². The molecule has 0 aliphatic carbocycles. The summed E-state index contributed by atoms with van der Waals surface area (Å²) >= 11 is 0. The van der Waals surface area contributed by atoms with Crippen molar-refractivity contribution >= 4 is 21.4 Å². The molecule has 0 heterocycles. The Bertz CT molecular complexity index is 297. The zero-order chi connectivity index (χ0) is 14.3. The van der Waals surface area contributed by atoms with Gasteiger partial charge in [0.2, 0.25) is 5.78 Å². The first-order valence-corrected chi connectivity index (χ1v) is 8.42. The summed E-state index contributed by atoms with van der Waals surface area (Å²) in [6, 6.07) is 0. The SMILES string of the molecule is CCC(=O)C#C[Si](C)(C)C(C)(C)C.FB(F)F. The van der Waals surface area contributed by atoms with Crippen LogP contribution in [0.25, 0.3) is 0 Å². The number of Topliss-reactive ketones (excluding diaryl/α,β-unsaturated/α-hetero) is 1. The molecule has 0 saturated heterocycles. The molecule has 0 radical (unpaired) electrons. The van der Waals surface area contributed by atoms with E-state index in [0.717, 1.165) is 0 Å². The highest BCUT2D eigenvalue weighted by Crippen LogP contribution is 2.34. The smallest absolute Gasteiger partial charge is 0.285 e. The lowest BCUT2D eigenvalue weighted by Gasteiger charge is -2.31. The minimum absolute atomic E-state index is 0.0600. The molecular weight excluding hydrogens is 244 g/mol. The first-order chi connectivity index (χ1) is 7.44. The van der Waals surface area contributed by atoms with E-state index in [-0.39, 0.29) is 10.8 Å². The lowest BCUT2D eigenvalue weighted by atomic mass is 10.2. The Labute approximate surface area is 103 Å². The second kappa shape index (κ2) is 7.59. The van der Waals surface area contributed by atoms with Gasteiger partial charge in [0.1, 0.15) is 8.07 Å². The molecule has 6 heteroatoms. The number of rotatable bonds is 1. The molecular formula is C11H20BF3OSi. The van der Waals surface area contributed by atoms with Gasteiger partial charge in [0, 0.05) is 6.42 Å². The highest BCUT2D eigenvalue weighted by Gasteiger charge is 2.33. The Morgan fingerprint density at radius 3 is 1.82 bits per heavy atom. The average Bonchev–Trinajstić information content (AvgIpc) is 2.11. The van der Waals surface area contributed by atoms with Crippen LogP contribution in [0.1, 0.15) is 34.1 Å². The van der Waals surface area contributed by atoms with Crippen LogP contribution in [-0.2, 0) is 4.79 Å². The lowest BCUT2D eigenvalue weighted by molar-refractivity contribution is -0.113. The van der Waals surface area contributed by atoms with Gasteiger partial charge in [-0.25, -0.2) is 0 Å². The third kappa shape index (κ3) is 10.2. The van der Waals surface area contributed by atoms with Crippen LogP contribution >= 0.6 is 0 Å². The highest BCUT2D eigenvalue weighted by molar-refractivity contribution is 6.87. The fourth-order valence-corrected chi connectivity index (χ4v) is 1.33. The maximum atomic E-state index is 11.0. The number of hydrogen-bond donors (Lipinski definition) is 0. The largest absolute Gasteiger partial charge is 0.762 e.